The molecule has 1 unspecified atom stereocenters. The predicted octanol–water partition coefficient (Wildman–Crippen LogP) is 2.14. The molecular formula is C11H20O3S. The molecule has 1 heterocycles. The summed E-state index contributed by atoms with van der Waals surface area (Å²) in [5, 5.41) is 19.8. The molecule has 0 aromatic carbocycles. The molecule has 1 atom stereocenters. The number of thioether (sulfide) groups is 1. The van der Waals surface area contributed by atoms with Crippen LogP contribution in [0.1, 0.15) is 39.5 Å². The Morgan fingerprint density at radius 2 is 2.00 bits per heavy atom. The summed E-state index contributed by atoms with van der Waals surface area (Å²) >= 11 is 1.79. The van der Waals surface area contributed by atoms with Crippen molar-refractivity contribution in [3.63, 3.8) is 0 Å². The van der Waals surface area contributed by atoms with Gasteiger partial charge in [-0.1, -0.05) is 13.3 Å². The Hall–Kier alpha value is -0.220. The lowest BCUT2D eigenvalue weighted by molar-refractivity contribution is -0.169. The third kappa shape index (κ3) is 2.31. The SMILES string of the molecule is CCCC(C)(C(=O)O)C1(O)CCSCC1. The van der Waals surface area contributed by atoms with Crippen molar-refractivity contribution in [1.82, 2.24) is 0 Å². The molecule has 15 heavy (non-hydrogen) atoms. The van der Waals surface area contributed by atoms with E-state index in [2.05, 4.69) is 0 Å². The minimum absolute atomic E-state index is 0.545. The number of carboxylic acid groups (broad SMARTS) is 1. The van der Waals surface area contributed by atoms with Crippen molar-refractivity contribution in [1.29, 1.82) is 0 Å². The monoisotopic (exact) mass is 232 g/mol. The van der Waals surface area contributed by atoms with E-state index in [9.17, 15) is 15.0 Å². The second-order valence-corrected chi connectivity index (χ2v) is 5.76. The van der Waals surface area contributed by atoms with Gasteiger partial charge in [-0.3, -0.25) is 4.79 Å². The highest BCUT2D eigenvalue weighted by molar-refractivity contribution is 7.99. The van der Waals surface area contributed by atoms with E-state index in [1.165, 1.54) is 0 Å². The quantitative estimate of drug-likeness (QED) is 0.779. The van der Waals surface area contributed by atoms with Gasteiger partial charge in [0.05, 0.1) is 11.0 Å². The van der Waals surface area contributed by atoms with Gasteiger partial charge in [-0.15, -0.1) is 0 Å². The molecule has 3 nitrogen and oxygen atoms in total. The summed E-state index contributed by atoms with van der Waals surface area (Å²) in [5.41, 5.74) is -2.00. The van der Waals surface area contributed by atoms with E-state index in [0.29, 0.717) is 19.3 Å². The number of carboxylic acids is 1. The first kappa shape index (κ1) is 12.8. The third-order valence-electron chi connectivity index (χ3n) is 3.57. The van der Waals surface area contributed by atoms with Gasteiger partial charge >= 0.3 is 5.97 Å². The average Bonchev–Trinajstić information content (AvgIpc) is 2.18. The molecule has 0 bridgehead atoms. The zero-order valence-corrected chi connectivity index (χ0v) is 10.3. The van der Waals surface area contributed by atoms with Gasteiger partial charge in [-0.2, -0.15) is 11.8 Å². The molecule has 2 N–H and O–H groups in total. The lowest BCUT2D eigenvalue weighted by atomic mass is 9.67. The van der Waals surface area contributed by atoms with Crippen LogP contribution in [0, 0.1) is 5.41 Å². The zero-order chi connectivity index (χ0) is 11.5. The Morgan fingerprint density at radius 1 is 1.47 bits per heavy atom. The van der Waals surface area contributed by atoms with Crippen molar-refractivity contribution in [2.75, 3.05) is 11.5 Å². The lowest BCUT2D eigenvalue weighted by Gasteiger charge is -2.44. The summed E-state index contributed by atoms with van der Waals surface area (Å²) < 4.78 is 0. The highest BCUT2D eigenvalue weighted by Gasteiger charge is 2.51. The number of aliphatic hydroxyl groups is 1. The van der Waals surface area contributed by atoms with Crippen LogP contribution in [0.15, 0.2) is 0 Å². The second-order valence-electron chi connectivity index (χ2n) is 4.53. The van der Waals surface area contributed by atoms with E-state index in [1.54, 1.807) is 18.7 Å². The molecule has 1 fully saturated rings. The normalized spacial score (nSPS) is 24.5. The minimum atomic E-state index is -1.01. The first-order valence-electron chi connectivity index (χ1n) is 5.50. The van der Waals surface area contributed by atoms with Crippen LogP contribution in [0.3, 0.4) is 0 Å². The van der Waals surface area contributed by atoms with Gasteiger partial charge in [-0.25, -0.2) is 0 Å². The molecule has 1 rings (SSSR count). The highest BCUT2D eigenvalue weighted by Crippen LogP contribution is 2.44. The third-order valence-corrected chi connectivity index (χ3v) is 4.55. The summed E-state index contributed by atoms with van der Waals surface area (Å²) in [6.45, 7) is 3.65. The summed E-state index contributed by atoms with van der Waals surface area (Å²) in [6.07, 6.45) is 2.53. The summed E-state index contributed by atoms with van der Waals surface area (Å²) in [7, 11) is 0. The molecule has 1 aliphatic rings. The molecule has 0 aromatic heterocycles. The molecule has 0 spiro atoms. The van der Waals surface area contributed by atoms with Crippen molar-refractivity contribution in [3.8, 4) is 0 Å². The van der Waals surface area contributed by atoms with Crippen LogP contribution in [-0.4, -0.2) is 33.3 Å². The standard InChI is InChI=1S/C11H20O3S/c1-3-4-10(2,9(12)13)11(14)5-7-15-8-6-11/h14H,3-8H2,1-2H3,(H,12,13). The van der Waals surface area contributed by atoms with Gasteiger partial charge in [0.2, 0.25) is 0 Å². The summed E-state index contributed by atoms with van der Waals surface area (Å²) in [5.74, 6) is 0.866. The van der Waals surface area contributed by atoms with E-state index in [4.69, 9.17) is 0 Å². The molecule has 88 valence electrons. The van der Waals surface area contributed by atoms with E-state index in [0.717, 1.165) is 17.9 Å². The Bertz CT molecular complexity index is 236. The van der Waals surface area contributed by atoms with Crippen molar-refractivity contribution >= 4 is 17.7 Å². The van der Waals surface area contributed by atoms with Crippen LogP contribution in [-0.2, 0) is 4.79 Å². The van der Waals surface area contributed by atoms with E-state index >= 15 is 0 Å². The maximum absolute atomic E-state index is 11.3. The number of hydrogen-bond donors (Lipinski definition) is 2. The minimum Gasteiger partial charge on any atom is -0.481 e. The summed E-state index contributed by atoms with van der Waals surface area (Å²) in [6, 6.07) is 0. The molecular weight excluding hydrogens is 212 g/mol. The van der Waals surface area contributed by atoms with Crippen LogP contribution < -0.4 is 0 Å². The van der Waals surface area contributed by atoms with Crippen LogP contribution in [0.5, 0.6) is 0 Å². The van der Waals surface area contributed by atoms with Crippen LogP contribution in [0.2, 0.25) is 0 Å². The van der Waals surface area contributed by atoms with E-state index in [-0.39, 0.29) is 0 Å². The van der Waals surface area contributed by atoms with Crippen LogP contribution >= 0.6 is 11.8 Å². The molecule has 0 radical (unpaired) electrons. The van der Waals surface area contributed by atoms with Gasteiger partial charge in [0.15, 0.2) is 0 Å². The first-order chi connectivity index (χ1) is 6.96. The number of carbonyl (C=O) groups is 1. The second kappa shape index (κ2) is 4.74. The smallest absolute Gasteiger partial charge is 0.312 e. The van der Waals surface area contributed by atoms with Gasteiger partial charge in [0.25, 0.3) is 0 Å². The van der Waals surface area contributed by atoms with E-state index < -0.39 is 17.0 Å². The van der Waals surface area contributed by atoms with Gasteiger partial charge in [0.1, 0.15) is 0 Å². The lowest BCUT2D eigenvalue weighted by Crippen LogP contribution is -2.53. The van der Waals surface area contributed by atoms with Crippen LogP contribution in [0.4, 0.5) is 0 Å². The molecule has 0 amide bonds. The van der Waals surface area contributed by atoms with Gasteiger partial charge < -0.3 is 10.2 Å². The predicted molar refractivity (Wildman–Crippen MR) is 62.2 cm³/mol. The fourth-order valence-corrected chi connectivity index (χ4v) is 3.47. The molecule has 4 heteroatoms. The Kier molecular flexibility index (Phi) is 4.06. The molecule has 0 aliphatic carbocycles. The molecule has 0 saturated carbocycles. The Morgan fingerprint density at radius 3 is 2.40 bits per heavy atom. The van der Waals surface area contributed by atoms with Crippen LogP contribution in [0.25, 0.3) is 0 Å². The van der Waals surface area contributed by atoms with Crippen molar-refractivity contribution < 1.29 is 15.0 Å². The summed E-state index contributed by atoms with van der Waals surface area (Å²) in [4.78, 5) is 11.3. The fourth-order valence-electron chi connectivity index (χ4n) is 2.30. The van der Waals surface area contributed by atoms with Gasteiger partial charge in [0, 0.05) is 0 Å². The fraction of sp³-hybridized carbons (Fsp3) is 0.909. The van der Waals surface area contributed by atoms with Crippen molar-refractivity contribution in [2.24, 2.45) is 5.41 Å². The van der Waals surface area contributed by atoms with Crippen molar-refractivity contribution in [2.45, 2.75) is 45.1 Å². The molecule has 1 saturated heterocycles. The van der Waals surface area contributed by atoms with E-state index in [1.807, 2.05) is 6.92 Å². The first-order valence-corrected chi connectivity index (χ1v) is 6.65. The number of hydrogen-bond acceptors (Lipinski definition) is 3. The molecule has 1 aliphatic heterocycles. The average molecular weight is 232 g/mol. The Balaban J connectivity index is 2.90. The van der Waals surface area contributed by atoms with Crippen molar-refractivity contribution in [3.05, 3.63) is 0 Å². The van der Waals surface area contributed by atoms with Gasteiger partial charge in [-0.05, 0) is 37.7 Å². The topological polar surface area (TPSA) is 57.5 Å². The maximum Gasteiger partial charge on any atom is 0.312 e. The molecule has 0 aromatic rings. The zero-order valence-electron chi connectivity index (χ0n) is 9.45. The maximum atomic E-state index is 11.3. The largest absolute Gasteiger partial charge is 0.481 e. The number of aliphatic carboxylic acids is 1. The number of rotatable bonds is 4. The highest BCUT2D eigenvalue weighted by atomic mass is 32.2. The Labute approximate surface area is 95.3 Å².